The van der Waals surface area contributed by atoms with E-state index in [4.69, 9.17) is 5.11 Å². The van der Waals surface area contributed by atoms with Crippen LogP contribution < -0.4 is 0 Å². The highest BCUT2D eigenvalue weighted by Gasteiger charge is 2.40. The van der Waals surface area contributed by atoms with E-state index in [-0.39, 0.29) is 19.0 Å². The number of fused-ring (bicyclic) bond motifs is 1. The molecule has 1 heterocycles. The fraction of sp³-hybridized carbons (Fsp3) is 0.923. The van der Waals surface area contributed by atoms with Gasteiger partial charge in [-0.1, -0.05) is 12.8 Å². The molecule has 2 rings (SSSR count). The quantitative estimate of drug-likeness (QED) is 0.830. The van der Waals surface area contributed by atoms with Gasteiger partial charge in [0.1, 0.15) is 0 Å². The van der Waals surface area contributed by atoms with E-state index in [1.54, 1.807) is 4.31 Å². The second kappa shape index (κ2) is 6.41. The van der Waals surface area contributed by atoms with Gasteiger partial charge in [-0.2, -0.15) is 17.0 Å². The van der Waals surface area contributed by atoms with Crippen molar-refractivity contribution in [1.82, 2.24) is 8.61 Å². The van der Waals surface area contributed by atoms with E-state index < -0.39 is 16.2 Å². The summed E-state index contributed by atoms with van der Waals surface area (Å²) in [5.41, 5.74) is 0. The molecule has 0 unspecified atom stereocenters. The normalized spacial score (nSPS) is 28.3. The molecule has 1 saturated carbocycles. The number of aliphatic carboxylic acids is 1. The molecule has 2 fully saturated rings. The first-order valence-electron chi connectivity index (χ1n) is 7.38. The van der Waals surface area contributed by atoms with Crippen molar-refractivity contribution in [2.75, 3.05) is 20.1 Å². The molecule has 2 atom stereocenters. The predicted molar refractivity (Wildman–Crippen MR) is 75.5 cm³/mol. The summed E-state index contributed by atoms with van der Waals surface area (Å²) in [5, 5.41) is 8.69. The second-order valence-corrected chi connectivity index (χ2v) is 7.83. The molecule has 7 heteroatoms. The standard InChI is InChI=1S/C13H24N2O4S/c1-14(10-8-13(16)17)20(18,19)15-9-4-6-11-5-2-3-7-12(11)15/h11-12H,2-10H2,1H3,(H,16,17)/t11-,12-/m1/s1. The summed E-state index contributed by atoms with van der Waals surface area (Å²) in [6, 6.07) is 0.120. The molecule has 0 bridgehead atoms. The maximum atomic E-state index is 12.6. The van der Waals surface area contributed by atoms with Gasteiger partial charge in [-0.3, -0.25) is 4.79 Å². The van der Waals surface area contributed by atoms with E-state index in [2.05, 4.69) is 0 Å². The molecule has 20 heavy (non-hydrogen) atoms. The van der Waals surface area contributed by atoms with Crippen molar-refractivity contribution in [2.45, 2.75) is 51.0 Å². The Morgan fingerprint density at radius 2 is 1.90 bits per heavy atom. The smallest absolute Gasteiger partial charge is 0.304 e. The van der Waals surface area contributed by atoms with E-state index in [0.29, 0.717) is 12.5 Å². The topological polar surface area (TPSA) is 77.9 Å². The van der Waals surface area contributed by atoms with Crippen molar-refractivity contribution in [2.24, 2.45) is 5.92 Å². The highest BCUT2D eigenvalue weighted by molar-refractivity contribution is 7.86. The van der Waals surface area contributed by atoms with Crippen molar-refractivity contribution < 1.29 is 18.3 Å². The lowest BCUT2D eigenvalue weighted by Gasteiger charge is -2.44. The van der Waals surface area contributed by atoms with E-state index in [9.17, 15) is 13.2 Å². The molecule has 0 aromatic rings. The van der Waals surface area contributed by atoms with Gasteiger partial charge in [-0.05, 0) is 31.6 Å². The van der Waals surface area contributed by atoms with Gasteiger partial charge < -0.3 is 5.11 Å². The molecule has 1 aliphatic heterocycles. The maximum absolute atomic E-state index is 12.6. The lowest BCUT2D eigenvalue weighted by atomic mass is 9.79. The van der Waals surface area contributed by atoms with Crippen LogP contribution in [0.15, 0.2) is 0 Å². The third-order valence-corrected chi connectivity index (χ3v) is 6.54. The van der Waals surface area contributed by atoms with Gasteiger partial charge in [0.05, 0.1) is 6.42 Å². The molecule has 0 radical (unpaired) electrons. The third-order valence-electron chi connectivity index (χ3n) is 4.52. The Morgan fingerprint density at radius 3 is 2.60 bits per heavy atom. The molecule has 0 spiro atoms. The molecule has 2 aliphatic rings. The van der Waals surface area contributed by atoms with Crippen LogP contribution in [0.1, 0.15) is 44.9 Å². The predicted octanol–water partition coefficient (Wildman–Crippen LogP) is 1.29. The van der Waals surface area contributed by atoms with Gasteiger partial charge in [-0.15, -0.1) is 0 Å². The summed E-state index contributed by atoms with van der Waals surface area (Å²) in [6.45, 7) is 0.604. The summed E-state index contributed by atoms with van der Waals surface area (Å²) >= 11 is 0. The number of carbonyl (C=O) groups is 1. The Kier molecular flexibility index (Phi) is 5.04. The molecule has 1 N–H and O–H groups in total. The minimum absolute atomic E-state index is 0.0333. The van der Waals surface area contributed by atoms with Crippen LogP contribution in [0, 0.1) is 5.92 Å². The molecular weight excluding hydrogens is 280 g/mol. The van der Waals surface area contributed by atoms with Gasteiger partial charge in [0.2, 0.25) is 0 Å². The number of hydrogen-bond acceptors (Lipinski definition) is 3. The number of carboxylic acid groups (broad SMARTS) is 1. The zero-order valence-electron chi connectivity index (χ0n) is 12.0. The minimum Gasteiger partial charge on any atom is -0.481 e. The molecule has 0 aromatic carbocycles. The van der Waals surface area contributed by atoms with E-state index >= 15 is 0 Å². The second-order valence-electron chi connectivity index (χ2n) is 5.84. The third kappa shape index (κ3) is 3.32. The van der Waals surface area contributed by atoms with Crippen LogP contribution in [0.2, 0.25) is 0 Å². The van der Waals surface area contributed by atoms with E-state index in [0.717, 1.165) is 32.1 Å². The fourth-order valence-electron chi connectivity index (χ4n) is 3.41. The van der Waals surface area contributed by atoms with Gasteiger partial charge >= 0.3 is 5.97 Å². The number of hydrogen-bond donors (Lipinski definition) is 1. The van der Waals surface area contributed by atoms with Gasteiger partial charge in [0, 0.05) is 26.2 Å². The number of carboxylic acids is 1. The SMILES string of the molecule is CN(CCC(=O)O)S(=O)(=O)N1CCC[C@H]2CCCC[C@H]21. The average molecular weight is 304 g/mol. The van der Waals surface area contributed by atoms with Gasteiger partial charge in [0.15, 0.2) is 0 Å². The van der Waals surface area contributed by atoms with Crippen molar-refractivity contribution in [1.29, 1.82) is 0 Å². The summed E-state index contributed by atoms with van der Waals surface area (Å²) < 4.78 is 28.0. The largest absolute Gasteiger partial charge is 0.481 e. The summed E-state index contributed by atoms with van der Waals surface area (Å²) in [6.07, 6.45) is 6.22. The maximum Gasteiger partial charge on any atom is 0.304 e. The molecule has 116 valence electrons. The Labute approximate surface area is 120 Å². The van der Waals surface area contributed by atoms with Crippen LogP contribution in [0.3, 0.4) is 0 Å². The molecule has 1 aliphatic carbocycles. The lowest BCUT2D eigenvalue weighted by Crippen LogP contribution is -2.53. The number of rotatable bonds is 5. The summed E-state index contributed by atoms with van der Waals surface area (Å²) in [7, 11) is -2.05. The molecule has 6 nitrogen and oxygen atoms in total. The van der Waals surface area contributed by atoms with Crippen LogP contribution >= 0.6 is 0 Å². The van der Waals surface area contributed by atoms with Crippen LogP contribution in [-0.2, 0) is 15.0 Å². The summed E-state index contributed by atoms with van der Waals surface area (Å²) in [4.78, 5) is 10.6. The van der Waals surface area contributed by atoms with Crippen LogP contribution in [0.5, 0.6) is 0 Å². The molecular formula is C13H24N2O4S. The molecule has 1 saturated heterocycles. The van der Waals surface area contributed by atoms with Gasteiger partial charge in [0.25, 0.3) is 10.2 Å². The van der Waals surface area contributed by atoms with Crippen molar-refractivity contribution >= 4 is 16.2 Å². The van der Waals surface area contributed by atoms with E-state index in [1.165, 1.54) is 17.8 Å². The van der Waals surface area contributed by atoms with Crippen LogP contribution in [-0.4, -0.2) is 54.3 Å². The average Bonchev–Trinajstić information content (AvgIpc) is 2.43. The highest BCUT2D eigenvalue weighted by atomic mass is 32.2. The van der Waals surface area contributed by atoms with Crippen LogP contribution in [0.25, 0.3) is 0 Å². The van der Waals surface area contributed by atoms with E-state index in [1.807, 2.05) is 0 Å². The number of nitrogens with zero attached hydrogens (tertiary/aromatic N) is 2. The Balaban J connectivity index is 2.08. The first-order chi connectivity index (χ1) is 9.43. The molecule has 0 aromatic heterocycles. The summed E-state index contributed by atoms with van der Waals surface area (Å²) in [5.74, 6) is -0.485. The van der Waals surface area contributed by atoms with Crippen LogP contribution in [0.4, 0.5) is 0 Å². The number of piperidine rings is 1. The van der Waals surface area contributed by atoms with Crippen molar-refractivity contribution in [3.63, 3.8) is 0 Å². The van der Waals surface area contributed by atoms with Crippen molar-refractivity contribution in [3.05, 3.63) is 0 Å². The zero-order valence-corrected chi connectivity index (χ0v) is 12.8. The van der Waals surface area contributed by atoms with Crippen molar-refractivity contribution in [3.8, 4) is 0 Å². The Bertz CT molecular complexity index is 449. The first-order valence-corrected chi connectivity index (χ1v) is 8.77. The molecule has 0 amide bonds. The zero-order chi connectivity index (χ0) is 14.8. The highest BCUT2D eigenvalue weighted by Crippen LogP contribution is 2.37. The van der Waals surface area contributed by atoms with Gasteiger partial charge in [-0.25, -0.2) is 0 Å². The fourth-order valence-corrected chi connectivity index (χ4v) is 5.07. The first kappa shape index (κ1) is 15.7. The monoisotopic (exact) mass is 304 g/mol. The lowest BCUT2D eigenvalue weighted by molar-refractivity contribution is -0.137. The Morgan fingerprint density at radius 1 is 1.25 bits per heavy atom. The minimum atomic E-state index is -3.52. The Hall–Kier alpha value is -0.660.